The predicted molar refractivity (Wildman–Crippen MR) is 63.8 cm³/mol. The number of hydrogen-bond donors (Lipinski definition) is 0. The molecule has 0 saturated heterocycles. The fraction of sp³-hybridized carbons (Fsp3) is 0.727. The number of aromatic nitrogens is 2. The first-order valence-electron chi connectivity index (χ1n) is 5.27. The summed E-state index contributed by atoms with van der Waals surface area (Å²) in [6, 6.07) is 0. The van der Waals surface area contributed by atoms with E-state index in [9.17, 15) is 0 Å². The van der Waals surface area contributed by atoms with Gasteiger partial charge in [-0.05, 0) is 19.3 Å². The Labute approximate surface area is 94.9 Å². The lowest BCUT2D eigenvalue weighted by Crippen LogP contribution is -2.11. The van der Waals surface area contributed by atoms with Crippen LogP contribution >= 0.6 is 15.9 Å². The molecule has 80 valence electrons. The minimum absolute atomic E-state index is 0.551. The Hall–Kier alpha value is -0.310. The highest BCUT2D eigenvalue weighted by Gasteiger charge is 2.10. The van der Waals surface area contributed by atoms with Crippen LogP contribution in [-0.2, 0) is 13.0 Å². The van der Waals surface area contributed by atoms with Crippen LogP contribution in [0.1, 0.15) is 33.0 Å². The van der Waals surface area contributed by atoms with Crippen LogP contribution in [0.4, 0.5) is 0 Å². The van der Waals surface area contributed by atoms with Crippen molar-refractivity contribution in [3.63, 3.8) is 0 Å². The van der Waals surface area contributed by atoms with E-state index in [1.165, 1.54) is 12.2 Å². The van der Waals surface area contributed by atoms with Gasteiger partial charge in [0.15, 0.2) is 0 Å². The van der Waals surface area contributed by atoms with Crippen molar-refractivity contribution in [1.82, 2.24) is 9.55 Å². The zero-order valence-electron chi connectivity index (χ0n) is 9.20. The maximum absolute atomic E-state index is 4.37. The van der Waals surface area contributed by atoms with Crippen LogP contribution in [-0.4, -0.2) is 14.4 Å². The zero-order chi connectivity index (χ0) is 10.6. The van der Waals surface area contributed by atoms with E-state index in [-0.39, 0.29) is 0 Å². The van der Waals surface area contributed by atoms with Gasteiger partial charge in [0.2, 0.25) is 0 Å². The minimum Gasteiger partial charge on any atom is -0.335 e. The third-order valence-electron chi connectivity index (χ3n) is 2.27. The molecule has 0 aromatic carbocycles. The maximum atomic E-state index is 4.37. The van der Waals surface area contributed by atoms with Crippen LogP contribution in [0.25, 0.3) is 0 Å². The molecule has 0 N–H and O–H groups in total. The lowest BCUT2D eigenvalue weighted by Gasteiger charge is -2.12. The van der Waals surface area contributed by atoms with Gasteiger partial charge >= 0.3 is 0 Å². The van der Waals surface area contributed by atoms with Gasteiger partial charge in [-0.2, -0.15) is 0 Å². The number of nitrogens with zero attached hydrogens (tertiary/aromatic N) is 2. The number of imidazole rings is 1. The second-order valence-corrected chi connectivity index (χ2v) is 5.36. The third-order valence-corrected chi connectivity index (χ3v) is 2.97. The molecule has 0 bridgehead atoms. The molecule has 1 unspecified atom stereocenters. The first-order valence-corrected chi connectivity index (χ1v) is 6.19. The SMILES string of the molecule is CCn1ccnc1CC(Br)CC(C)C. The molecule has 1 atom stereocenters. The van der Waals surface area contributed by atoms with Gasteiger partial charge in [0.1, 0.15) is 5.82 Å². The van der Waals surface area contributed by atoms with Crippen molar-refractivity contribution in [1.29, 1.82) is 0 Å². The highest BCUT2D eigenvalue weighted by Crippen LogP contribution is 2.17. The highest BCUT2D eigenvalue weighted by atomic mass is 79.9. The summed E-state index contributed by atoms with van der Waals surface area (Å²) >= 11 is 3.71. The molecule has 0 aliphatic heterocycles. The Balaban J connectivity index is 2.51. The Morgan fingerprint density at radius 1 is 1.50 bits per heavy atom. The normalized spacial score (nSPS) is 13.5. The first kappa shape index (κ1) is 11.8. The van der Waals surface area contributed by atoms with E-state index in [0.717, 1.165) is 18.9 Å². The molecule has 2 nitrogen and oxygen atoms in total. The lowest BCUT2D eigenvalue weighted by atomic mass is 10.1. The van der Waals surface area contributed by atoms with Crippen molar-refractivity contribution in [3.8, 4) is 0 Å². The lowest BCUT2D eigenvalue weighted by molar-refractivity contribution is 0.556. The summed E-state index contributed by atoms with van der Waals surface area (Å²) in [6.45, 7) is 7.66. The van der Waals surface area contributed by atoms with Crippen molar-refractivity contribution in [2.24, 2.45) is 5.92 Å². The number of rotatable bonds is 5. The quantitative estimate of drug-likeness (QED) is 0.742. The molecule has 1 heterocycles. The van der Waals surface area contributed by atoms with Crippen molar-refractivity contribution in [3.05, 3.63) is 18.2 Å². The Morgan fingerprint density at radius 3 is 2.79 bits per heavy atom. The Bertz CT molecular complexity index is 268. The third kappa shape index (κ3) is 3.45. The molecule has 1 rings (SSSR count). The van der Waals surface area contributed by atoms with E-state index in [4.69, 9.17) is 0 Å². The molecule has 0 aliphatic carbocycles. The smallest absolute Gasteiger partial charge is 0.109 e. The molecule has 1 aromatic heterocycles. The molecule has 0 aliphatic rings. The van der Waals surface area contributed by atoms with Crippen LogP contribution < -0.4 is 0 Å². The van der Waals surface area contributed by atoms with E-state index >= 15 is 0 Å². The molecule has 14 heavy (non-hydrogen) atoms. The molecule has 0 spiro atoms. The largest absolute Gasteiger partial charge is 0.335 e. The molecular weight excluding hydrogens is 240 g/mol. The highest BCUT2D eigenvalue weighted by molar-refractivity contribution is 9.09. The maximum Gasteiger partial charge on any atom is 0.109 e. The van der Waals surface area contributed by atoms with Gasteiger partial charge in [-0.1, -0.05) is 29.8 Å². The van der Waals surface area contributed by atoms with Crippen molar-refractivity contribution in [2.45, 2.75) is 45.0 Å². The van der Waals surface area contributed by atoms with E-state index in [2.05, 4.69) is 46.3 Å². The van der Waals surface area contributed by atoms with E-state index in [0.29, 0.717) is 4.83 Å². The second kappa shape index (κ2) is 5.54. The van der Waals surface area contributed by atoms with Gasteiger partial charge in [-0.25, -0.2) is 4.98 Å². The fourth-order valence-corrected chi connectivity index (χ4v) is 2.65. The van der Waals surface area contributed by atoms with Gasteiger partial charge in [0.05, 0.1) is 0 Å². The van der Waals surface area contributed by atoms with E-state index < -0.39 is 0 Å². The summed E-state index contributed by atoms with van der Waals surface area (Å²) in [5, 5.41) is 0. The Kier molecular flexibility index (Phi) is 4.66. The average Bonchev–Trinajstić information content (AvgIpc) is 2.50. The van der Waals surface area contributed by atoms with Crippen molar-refractivity contribution >= 4 is 15.9 Å². The molecule has 0 radical (unpaired) electrons. The molecule has 0 amide bonds. The summed E-state index contributed by atoms with van der Waals surface area (Å²) in [7, 11) is 0. The summed E-state index contributed by atoms with van der Waals surface area (Å²) in [4.78, 5) is 4.92. The standard InChI is InChI=1S/C11H19BrN2/c1-4-14-6-5-13-11(14)8-10(12)7-9(2)3/h5-6,9-10H,4,7-8H2,1-3H3. The van der Waals surface area contributed by atoms with Crippen LogP contribution in [0.15, 0.2) is 12.4 Å². The first-order chi connectivity index (χ1) is 6.63. The monoisotopic (exact) mass is 258 g/mol. The molecule has 3 heteroatoms. The molecule has 0 fully saturated rings. The number of alkyl halides is 1. The molecule has 0 saturated carbocycles. The fourth-order valence-electron chi connectivity index (χ4n) is 1.61. The van der Waals surface area contributed by atoms with Gasteiger partial charge < -0.3 is 4.57 Å². The number of aryl methyl sites for hydroxylation is 1. The average molecular weight is 259 g/mol. The van der Waals surface area contributed by atoms with Gasteiger partial charge in [0, 0.05) is 30.2 Å². The zero-order valence-corrected chi connectivity index (χ0v) is 10.8. The number of halogens is 1. The van der Waals surface area contributed by atoms with Crippen LogP contribution in [0, 0.1) is 5.92 Å². The minimum atomic E-state index is 0.551. The molecule has 1 aromatic rings. The van der Waals surface area contributed by atoms with Gasteiger partial charge in [-0.3, -0.25) is 0 Å². The van der Waals surface area contributed by atoms with E-state index in [1.807, 2.05) is 12.4 Å². The predicted octanol–water partition coefficient (Wildman–Crippen LogP) is 3.26. The second-order valence-electron chi connectivity index (χ2n) is 4.06. The summed E-state index contributed by atoms with van der Waals surface area (Å²) in [6.07, 6.45) is 6.16. The summed E-state index contributed by atoms with van der Waals surface area (Å²) in [5.41, 5.74) is 0. The van der Waals surface area contributed by atoms with E-state index in [1.54, 1.807) is 0 Å². The summed E-state index contributed by atoms with van der Waals surface area (Å²) < 4.78 is 2.20. The summed E-state index contributed by atoms with van der Waals surface area (Å²) in [5.74, 6) is 1.93. The topological polar surface area (TPSA) is 17.8 Å². The number of hydrogen-bond acceptors (Lipinski definition) is 1. The van der Waals surface area contributed by atoms with Crippen molar-refractivity contribution < 1.29 is 0 Å². The molecular formula is C11H19BrN2. The van der Waals surface area contributed by atoms with Crippen LogP contribution in [0.2, 0.25) is 0 Å². The van der Waals surface area contributed by atoms with Crippen molar-refractivity contribution in [2.75, 3.05) is 0 Å². The van der Waals surface area contributed by atoms with Gasteiger partial charge in [0.25, 0.3) is 0 Å². The van der Waals surface area contributed by atoms with Gasteiger partial charge in [-0.15, -0.1) is 0 Å². The van der Waals surface area contributed by atoms with Crippen LogP contribution in [0.3, 0.4) is 0 Å². The Morgan fingerprint density at radius 2 is 2.21 bits per heavy atom. The van der Waals surface area contributed by atoms with Crippen LogP contribution in [0.5, 0.6) is 0 Å².